The van der Waals surface area contributed by atoms with Crippen LogP contribution in [0.15, 0.2) is 12.1 Å². The number of hydrogen-bond donors (Lipinski definition) is 3. The Kier molecular flexibility index (Phi) is 9.66. The Morgan fingerprint density at radius 3 is 2.54 bits per heavy atom. The molecule has 2 fully saturated rings. The van der Waals surface area contributed by atoms with Gasteiger partial charge in [0, 0.05) is 50.4 Å². The molecule has 0 spiro atoms. The van der Waals surface area contributed by atoms with Gasteiger partial charge in [0.1, 0.15) is 10.3 Å². The van der Waals surface area contributed by atoms with Crippen LogP contribution in [0.5, 0.6) is 0 Å². The van der Waals surface area contributed by atoms with Crippen molar-refractivity contribution in [3.63, 3.8) is 0 Å². The lowest BCUT2D eigenvalue weighted by Crippen LogP contribution is -2.58. The number of halogens is 3. The molecule has 13 heteroatoms. The van der Waals surface area contributed by atoms with E-state index in [1.807, 2.05) is 6.07 Å². The van der Waals surface area contributed by atoms with E-state index in [1.54, 1.807) is 6.07 Å². The lowest BCUT2D eigenvalue weighted by Gasteiger charge is -2.47. The summed E-state index contributed by atoms with van der Waals surface area (Å²) in [5.74, 6) is 0.0117. The standard InChI is InChI=1S/C24H33Cl3N8O2/c1-2-16-14-34(23-21(27)31-19(22(28)32-23)24(37)29-7-12-36)10-11-35(16)17-5-8-33(9-6-17)13-15-3-4-18(25)30-20(15)26/h3-4,16-17,36H,2,5-14H2,1H3,(H2,28,32)(H,29,37)/t16-/m0/s1. The number of nitrogens with one attached hydrogen (secondary N) is 1. The number of pyridine rings is 1. The Morgan fingerprint density at radius 2 is 1.86 bits per heavy atom. The Labute approximate surface area is 232 Å². The zero-order valence-electron chi connectivity index (χ0n) is 20.8. The number of hydrogen-bond acceptors (Lipinski definition) is 9. The third-order valence-corrected chi connectivity index (χ3v) is 7.88. The maximum absolute atomic E-state index is 12.2. The molecule has 0 aliphatic carbocycles. The van der Waals surface area contributed by atoms with E-state index in [4.69, 9.17) is 45.6 Å². The summed E-state index contributed by atoms with van der Waals surface area (Å²) in [6.07, 6.45) is 3.16. The van der Waals surface area contributed by atoms with Crippen LogP contribution in [0, 0.1) is 0 Å². The van der Waals surface area contributed by atoms with Gasteiger partial charge in [-0.05, 0) is 38.4 Å². The highest BCUT2D eigenvalue weighted by Crippen LogP contribution is 2.30. The minimum Gasteiger partial charge on any atom is -0.395 e. The molecule has 2 aliphatic heterocycles. The number of nitrogen functional groups attached to an aromatic ring is 1. The van der Waals surface area contributed by atoms with Gasteiger partial charge in [-0.1, -0.05) is 47.8 Å². The van der Waals surface area contributed by atoms with Gasteiger partial charge in [-0.25, -0.2) is 15.0 Å². The highest BCUT2D eigenvalue weighted by molar-refractivity contribution is 6.33. The molecule has 0 unspecified atom stereocenters. The Balaban J connectivity index is 1.36. The summed E-state index contributed by atoms with van der Waals surface area (Å²) in [5.41, 5.74) is 7.02. The van der Waals surface area contributed by atoms with E-state index in [1.165, 1.54) is 0 Å². The second-order valence-corrected chi connectivity index (χ2v) is 10.5. The number of carbonyl (C=O) groups is 1. The van der Waals surface area contributed by atoms with Gasteiger partial charge >= 0.3 is 0 Å². The third-order valence-electron chi connectivity index (χ3n) is 7.09. The second kappa shape index (κ2) is 12.7. The van der Waals surface area contributed by atoms with Gasteiger partial charge in [-0.15, -0.1) is 0 Å². The van der Waals surface area contributed by atoms with Crippen LogP contribution in [0.1, 0.15) is 42.2 Å². The summed E-state index contributed by atoms with van der Waals surface area (Å²) < 4.78 is 0. The number of aliphatic hydroxyl groups is 1. The Bertz CT molecular complexity index is 1100. The van der Waals surface area contributed by atoms with Crippen LogP contribution in [0.4, 0.5) is 11.6 Å². The first-order chi connectivity index (χ1) is 17.8. The number of nitrogens with zero attached hydrogens (tertiary/aromatic N) is 6. The van der Waals surface area contributed by atoms with Gasteiger partial charge in [-0.2, -0.15) is 0 Å². The van der Waals surface area contributed by atoms with Crippen molar-refractivity contribution in [2.24, 2.45) is 0 Å². The maximum Gasteiger partial charge on any atom is 0.273 e. The minimum atomic E-state index is -0.510. The third kappa shape index (κ3) is 6.74. The summed E-state index contributed by atoms with van der Waals surface area (Å²) in [6, 6.07) is 4.58. The molecule has 2 aliphatic rings. The molecule has 4 N–H and O–H groups in total. The van der Waals surface area contributed by atoms with Crippen LogP contribution in [0.25, 0.3) is 0 Å². The van der Waals surface area contributed by atoms with Crippen molar-refractivity contribution < 1.29 is 9.90 Å². The highest BCUT2D eigenvalue weighted by Gasteiger charge is 2.34. The summed E-state index contributed by atoms with van der Waals surface area (Å²) in [5, 5.41) is 12.5. The monoisotopic (exact) mass is 570 g/mol. The Morgan fingerprint density at radius 1 is 1.11 bits per heavy atom. The van der Waals surface area contributed by atoms with Crippen molar-refractivity contribution in [1.29, 1.82) is 0 Å². The molecule has 0 bridgehead atoms. The fourth-order valence-electron chi connectivity index (χ4n) is 5.15. The van der Waals surface area contributed by atoms with Crippen molar-refractivity contribution in [1.82, 2.24) is 30.1 Å². The number of nitrogens with two attached hydrogens (primary N) is 1. The number of aromatic nitrogens is 3. The lowest BCUT2D eigenvalue weighted by molar-refractivity contribution is 0.0610. The molecule has 4 heterocycles. The quantitative estimate of drug-likeness (QED) is 0.410. The molecule has 202 valence electrons. The predicted octanol–water partition coefficient (Wildman–Crippen LogP) is 2.70. The summed E-state index contributed by atoms with van der Waals surface area (Å²) >= 11 is 18.7. The van der Waals surface area contributed by atoms with Crippen molar-refractivity contribution >= 4 is 52.3 Å². The molecule has 4 rings (SSSR count). The largest absolute Gasteiger partial charge is 0.395 e. The van der Waals surface area contributed by atoms with Crippen LogP contribution in [-0.2, 0) is 6.54 Å². The minimum absolute atomic E-state index is 0.0219. The van der Waals surface area contributed by atoms with Gasteiger partial charge < -0.3 is 21.1 Å². The smallest absolute Gasteiger partial charge is 0.273 e. The molecule has 0 saturated carbocycles. The van der Waals surface area contributed by atoms with E-state index in [0.717, 1.165) is 64.1 Å². The van der Waals surface area contributed by atoms with E-state index < -0.39 is 5.91 Å². The molecule has 2 aromatic rings. The molecule has 1 atom stereocenters. The number of aliphatic hydroxyl groups excluding tert-OH is 1. The van der Waals surface area contributed by atoms with E-state index in [2.05, 4.69) is 41.9 Å². The van der Waals surface area contributed by atoms with Gasteiger partial charge in [0.15, 0.2) is 22.5 Å². The SMILES string of the molecule is CC[C@H]1CN(c2nc(N)c(C(=O)NCCO)nc2Cl)CCN1C1CCN(Cc2ccc(Cl)nc2Cl)CC1. The molecule has 2 saturated heterocycles. The summed E-state index contributed by atoms with van der Waals surface area (Å²) in [6.45, 7) is 7.26. The second-order valence-electron chi connectivity index (χ2n) is 9.39. The van der Waals surface area contributed by atoms with Crippen LogP contribution in [-0.4, -0.2) is 93.7 Å². The van der Waals surface area contributed by atoms with Crippen LogP contribution < -0.4 is 16.0 Å². The molecule has 1 amide bonds. The number of piperazine rings is 1. The van der Waals surface area contributed by atoms with Gasteiger partial charge in [-0.3, -0.25) is 14.6 Å². The van der Waals surface area contributed by atoms with E-state index in [-0.39, 0.29) is 29.8 Å². The van der Waals surface area contributed by atoms with Crippen LogP contribution in [0.2, 0.25) is 15.5 Å². The van der Waals surface area contributed by atoms with E-state index >= 15 is 0 Å². The van der Waals surface area contributed by atoms with Gasteiger partial charge in [0.05, 0.1) is 6.61 Å². The van der Waals surface area contributed by atoms with Crippen LogP contribution in [0.3, 0.4) is 0 Å². The predicted molar refractivity (Wildman–Crippen MR) is 146 cm³/mol. The fraction of sp³-hybridized carbons (Fsp3) is 0.583. The number of amides is 1. The topological polar surface area (TPSA) is 124 Å². The molecular weight excluding hydrogens is 539 g/mol. The van der Waals surface area contributed by atoms with E-state index in [9.17, 15) is 4.79 Å². The normalized spacial score (nSPS) is 19.8. The molecule has 0 aromatic carbocycles. The Hall–Kier alpha value is -1.95. The number of piperidine rings is 1. The molecule has 0 radical (unpaired) electrons. The molecule has 10 nitrogen and oxygen atoms in total. The van der Waals surface area contributed by atoms with Crippen LogP contribution >= 0.6 is 34.8 Å². The molecule has 2 aromatic heterocycles. The maximum atomic E-state index is 12.2. The van der Waals surface area contributed by atoms with Gasteiger partial charge in [0.25, 0.3) is 5.91 Å². The highest BCUT2D eigenvalue weighted by atomic mass is 35.5. The first-order valence-electron chi connectivity index (χ1n) is 12.6. The number of carbonyl (C=O) groups excluding carboxylic acids is 1. The lowest BCUT2D eigenvalue weighted by atomic mass is 9.98. The zero-order chi connectivity index (χ0) is 26.5. The average Bonchev–Trinajstić information content (AvgIpc) is 2.90. The van der Waals surface area contributed by atoms with Crippen molar-refractivity contribution in [3.8, 4) is 0 Å². The first kappa shape index (κ1) is 28.1. The van der Waals surface area contributed by atoms with E-state index in [0.29, 0.717) is 28.2 Å². The first-order valence-corrected chi connectivity index (χ1v) is 13.7. The average molecular weight is 572 g/mol. The van der Waals surface area contributed by atoms with Crippen molar-refractivity contribution in [3.05, 3.63) is 38.8 Å². The summed E-state index contributed by atoms with van der Waals surface area (Å²) in [7, 11) is 0. The van der Waals surface area contributed by atoms with Crippen molar-refractivity contribution in [2.75, 3.05) is 56.5 Å². The number of rotatable bonds is 8. The number of anilines is 2. The number of likely N-dealkylation sites (tertiary alicyclic amines) is 1. The van der Waals surface area contributed by atoms with Crippen molar-refractivity contribution in [2.45, 2.75) is 44.8 Å². The fourth-order valence-corrected chi connectivity index (χ4v) is 5.81. The van der Waals surface area contributed by atoms with Gasteiger partial charge in [0.2, 0.25) is 0 Å². The molecular formula is C24H33Cl3N8O2. The zero-order valence-corrected chi connectivity index (χ0v) is 23.1. The summed E-state index contributed by atoms with van der Waals surface area (Å²) in [4.78, 5) is 32.2. The molecule has 37 heavy (non-hydrogen) atoms.